The normalized spacial score (nSPS) is 13.5. The molecule has 5 heteroatoms. The summed E-state index contributed by atoms with van der Waals surface area (Å²) >= 11 is 1.10. The summed E-state index contributed by atoms with van der Waals surface area (Å²) in [6, 6.07) is 6.01. The van der Waals surface area contributed by atoms with Crippen LogP contribution in [0.25, 0.3) is 0 Å². The van der Waals surface area contributed by atoms with Gasteiger partial charge in [0, 0.05) is 4.90 Å². The molecule has 0 aliphatic heterocycles. The van der Waals surface area contributed by atoms with E-state index in [-0.39, 0.29) is 0 Å². The van der Waals surface area contributed by atoms with Crippen molar-refractivity contribution in [2.24, 2.45) is 5.14 Å². The number of hydrogen-bond donors (Lipinski definition) is 1. The maximum Gasteiger partial charge on any atom is 0.257 e. The predicted octanol–water partition coefficient (Wildman–Crippen LogP) is 2.52. The van der Waals surface area contributed by atoms with E-state index in [1.807, 2.05) is 0 Å². The maximum absolute atomic E-state index is 12.7. The van der Waals surface area contributed by atoms with Gasteiger partial charge in [-0.3, -0.25) is 10.0 Å². The molecule has 84 valence electrons. The van der Waals surface area contributed by atoms with Gasteiger partial charge in [0.1, 0.15) is 0 Å². The fourth-order valence-electron chi connectivity index (χ4n) is 1.41. The third-order valence-electron chi connectivity index (χ3n) is 2.15. The average molecular weight is 232 g/mol. The van der Waals surface area contributed by atoms with Gasteiger partial charge in [-0.25, -0.2) is 8.78 Å². The van der Waals surface area contributed by atoms with Gasteiger partial charge < -0.3 is 0 Å². The van der Waals surface area contributed by atoms with Crippen LogP contribution in [0.1, 0.15) is 11.6 Å². The van der Waals surface area contributed by atoms with E-state index in [1.54, 1.807) is 38.4 Å². The van der Waals surface area contributed by atoms with E-state index < -0.39 is 12.5 Å². The second kappa shape index (κ2) is 5.44. The highest BCUT2D eigenvalue weighted by Crippen LogP contribution is 2.26. The largest absolute Gasteiger partial charge is 0.298 e. The third-order valence-corrected chi connectivity index (χ3v) is 2.70. The Morgan fingerprint density at radius 1 is 1.20 bits per heavy atom. The summed E-state index contributed by atoms with van der Waals surface area (Å²) in [5.74, 6) is 0. The molecule has 2 nitrogen and oxygen atoms in total. The summed E-state index contributed by atoms with van der Waals surface area (Å²) in [5.41, 5.74) is 0.604. The summed E-state index contributed by atoms with van der Waals surface area (Å²) < 4.78 is 25.5. The molecule has 0 fully saturated rings. The molecule has 1 aromatic rings. The fraction of sp³-hybridized carbons (Fsp3) is 0.400. The second-order valence-electron chi connectivity index (χ2n) is 3.43. The van der Waals surface area contributed by atoms with E-state index >= 15 is 0 Å². The topological polar surface area (TPSA) is 29.3 Å². The minimum absolute atomic E-state index is 0.604. The zero-order chi connectivity index (χ0) is 11.4. The van der Waals surface area contributed by atoms with Crippen molar-refractivity contribution in [3.63, 3.8) is 0 Å². The molecule has 2 N–H and O–H groups in total. The number of nitrogens with two attached hydrogens (primary N) is 1. The first-order valence-corrected chi connectivity index (χ1v) is 5.35. The molecule has 0 aliphatic carbocycles. The predicted molar refractivity (Wildman–Crippen MR) is 58.9 cm³/mol. The van der Waals surface area contributed by atoms with Gasteiger partial charge >= 0.3 is 0 Å². The van der Waals surface area contributed by atoms with Crippen LogP contribution in [0.4, 0.5) is 8.78 Å². The van der Waals surface area contributed by atoms with E-state index in [0.29, 0.717) is 5.56 Å². The molecule has 0 radical (unpaired) electrons. The first-order chi connectivity index (χ1) is 7.06. The Morgan fingerprint density at radius 2 is 1.73 bits per heavy atom. The summed E-state index contributed by atoms with van der Waals surface area (Å²) in [6.07, 6.45) is -2.39. The fourth-order valence-corrected chi connectivity index (χ4v) is 1.71. The van der Waals surface area contributed by atoms with E-state index in [9.17, 15) is 8.78 Å². The Hall–Kier alpha value is -0.650. The SMILES string of the molecule is CN(C)C(c1ccc(SN)cc1)C(F)F. The molecule has 0 spiro atoms. The lowest BCUT2D eigenvalue weighted by molar-refractivity contribution is 0.0488. The number of nitrogens with zero attached hydrogens (tertiary/aromatic N) is 1. The van der Waals surface area contributed by atoms with Gasteiger partial charge in [-0.05, 0) is 43.7 Å². The van der Waals surface area contributed by atoms with Gasteiger partial charge in [0.05, 0.1) is 6.04 Å². The van der Waals surface area contributed by atoms with Gasteiger partial charge in [-0.1, -0.05) is 12.1 Å². The molecule has 1 rings (SSSR count). The molecule has 0 bridgehead atoms. The van der Waals surface area contributed by atoms with Crippen LogP contribution in [0.5, 0.6) is 0 Å². The highest BCUT2D eigenvalue weighted by Gasteiger charge is 2.24. The smallest absolute Gasteiger partial charge is 0.257 e. The van der Waals surface area contributed by atoms with Crippen molar-refractivity contribution in [2.45, 2.75) is 17.4 Å². The zero-order valence-corrected chi connectivity index (χ0v) is 9.47. The minimum atomic E-state index is -2.39. The molecular weight excluding hydrogens is 218 g/mol. The summed E-state index contributed by atoms with van der Waals surface area (Å²) in [5, 5.41) is 5.35. The van der Waals surface area contributed by atoms with Crippen LogP contribution < -0.4 is 5.14 Å². The molecule has 0 saturated heterocycles. The standard InChI is InChI=1S/C10H14F2N2S/c1-14(2)9(10(11)12)7-3-5-8(15-13)6-4-7/h3-6,9-10H,13H2,1-2H3. The van der Waals surface area contributed by atoms with Crippen LogP contribution in [0.3, 0.4) is 0 Å². The van der Waals surface area contributed by atoms with Crippen LogP contribution in [-0.4, -0.2) is 25.4 Å². The second-order valence-corrected chi connectivity index (χ2v) is 4.14. The van der Waals surface area contributed by atoms with Gasteiger partial charge in [0.2, 0.25) is 0 Å². The van der Waals surface area contributed by atoms with Crippen molar-refractivity contribution in [3.05, 3.63) is 29.8 Å². The molecular formula is C10H14F2N2S. The molecule has 0 aromatic heterocycles. The van der Waals surface area contributed by atoms with Gasteiger partial charge in [-0.2, -0.15) is 0 Å². The van der Waals surface area contributed by atoms with Gasteiger partial charge in [-0.15, -0.1) is 0 Å². The molecule has 0 amide bonds. The average Bonchev–Trinajstić information content (AvgIpc) is 2.18. The molecule has 1 aromatic carbocycles. The summed E-state index contributed by atoms with van der Waals surface area (Å²) in [6.45, 7) is 0. The number of halogens is 2. The number of rotatable bonds is 4. The molecule has 1 atom stereocenters. The minimum Gasteiger partial charge on any atom is -0.298 e. The summed E-state index contributed by atoms with van der Waals surface area (Å²) in [7, 11) is 3.28. The molecule has 0 heterocycles. The maximum atomic E-state index is 12.7. The lowest BCUT2D eigenvalue weighted by atomic mass is 10.1. The van der Waals surface area contributed by atoms with E-state index in [1.165, 1.54) is 4.90 Å². The van der Waals surface area contributed by atoms with Crippen LogP contribution in [0.2, 0.25) is 0 Å². The van der Waals surface area contributed by atoms with Gasteiger partial charge in [0.25, 0.3) is 6.43 Å². The first kappa shape index (κ1) is 12.4. The summed E-state index contributed by atoms with van der Waals surface area (Å²) in [4.78, 5) is 2.38. The third kappa shape index (κ3) is 3.15. The van der Waals surface area contributed by atoms with Crippen LogP contribution >= 0.6 is 11.9 Å². The van der Waals surface area contributed by atoms with Crippen LogP contribution in [0, 0.1) is 0 Å². The van der Waals surface area contributed by atoms with Gasteiger partial charge in [0.15, 0.2) is 0 Å². The van der Waals surface area contributed by atoms with Crippen molar-refractivity contribution in [3.8, 4) is 0 Å². The molecule has 1 unspecified atom stereocenters. The lowest BCUT2D eigenvalue weighted by Crippen LogP contribution is -2.26. The van der Waals surface area contributed by atoms with E-state index in [4.69, 9.17) is 5.14 Å². The van der Waals surface area contributed by atoms with Crippen LogP contribution in [-0.2, 0) is 0 Å². The Bertz CT molecular complexity index is 293. The Morgan fingerprint density at radius 3 is 2.07 bits per heavy atom. The quantitative estimate of drug-likeness (QED) is 0.809. The molecule has 0 aliphatic rings. The van der Waals surface area contributed by atoms with Crippen LogP contribution in [0.15, 0.2) is 29.2 Å². The Labute approximate surface area is 92.6 Å². The number of benzene rings is 1. The monoisotopic (exact) mass is 232 g/mol. The van der Waals surface area contributed by atoms with E-state index in [2.05, 4.69) is 0 Å². The highest BCUT2D eigenvalue weighted by molar-refractivity contribution is 7.97. The zero-order valence-electron chi connectivity index (χ0n) is 8.65. The van der Waals surface area contributed by atoms with Crippen molar-refractivity contribution in [1.29, 1.82) is 0 Å². The number of alkyl halides is 2. The van der Waals surface area contributed by atoms with Crippen molar-refractivity contribution in [1.82, 2.24) is 4.90 Å². The van der Waals surface area contributed by atoms with Crippen molar-refractivity contribution >= 4 is 11.9 Å². The first-order valence-electron chi connectivity index (χ1n) is 4.47. The highest BCUT2D eigenvalue weighted by atomic mass is 32.2. The van der Waals surface area contributed by atoms with E-state index in [0.717, 1.165) is 16.8 Å². The molecule has 15 heavy (non-hydrogen) atoms. The Kier molecular flexibility index (Phi) is 4.50. The Balaban J connectivity index is 2.92. The van der Waals surface area contributed by atoms with Crippen molar-refractivity contribution in [2.75, 3.05) is 14.1 Å². The molecule has 0 saturated carbocycles. The lowest BCUT2D eigenvalue weighted by Gasteiger charge is -2.23. The number of hydrogen-bond acceptors (Lipinski definition) is 3. The van der Waals surface area contributed by atoms with Crippen molar-refractivity contribution < 1.29 is 8.78 Å².